The summed E-state index contributed by atoms with van der Waals surface area (Å²) in [6, 6.07) is 0. The van der Waals surface area contributed by atoms with Crippen LogP contribution in [0.3, 0.4) is 0 Å². The molecule has 74 valence electrons. The second-order valence-electron chi connectivity index (χ2n) is 2.83. The Bertz CT molecular complexity index is 239. The monoisotopic (exact) mass is 187 g/mol. The molecule has 1 rings (SSSR count). The zero-order chi connectivity index (χ0) is 10.5. The van der Waals surface area contributed by atoms with Crippen molar-refractivity contribution in [2.24, 2.45) is 5.73 Å². The molecule has 0 spiro atoms. The Kier molecular flexibility index (Phi) is 3.90. The van der Waals surface area contributed by atoms with Gasteiger partial charge in [-0.15, -0.1) is 0 Å². The average Bonchev–Trinajstić information content (AvgIpc) is 2.35. The van der Waals surface area contributed by atoms with E-state index in [-0.39, 0.29) is 0 Å². The largest absolute Gasteiger partial charge is 0.626 e. The number of hydrogen-bond donors (Lipinski definition) is 2. The van der Waals surface area contributed by atoms with Crippen molar-refractivity contribution >= 4 is 18.8 Å². The number of hydrogen-bond acceptors (Lipinski definition) is 3. The number of carbonyl (C=O) groups excluding carboxylic acids is 1. The molecule has 3 N–H and O–H groups in total. The SMILES string of the molecule is C=[NH+][O-].CC1(C(N)=O)CCC=[N+]1[O-]. The van der Waals surface area contributed by atoms with Crippen molar-refractivity contribution in [3.05, 3.63) is 10.4 Å². The van der Waals surface area contributed by atoms with Crippen LogP contribution >= 0.6 is 0 Å². The van der Waals surface area contributed by atoms with Gasteiger partial charge in [0.25, 0.3) is 5.91 Å². The quantitative estimate of drug-likeness (QED) is 0.212. The normalized spacial score (nSPS) is 25.5. The molecular weight excluding hydrogens is 174 g/mol. The third-order valence-electron chi connectivity index (χ3n) is 1.94. The molecule has 0 radical (unpaired) electrons. The van der Waals surface area contributed by atoms with E-state index in [1.54, 1.807) is 6.92 Å². The summed E-state index contributed by atoms with van der Waals surface area (Å²) in [5, 5.41) is 20.7. The lowest BCUT2D eigenvalue weighted by Crippen LogP contribution is -2.56. The summed E-state index contributed by atoms with van der Waals surface area (Å²) in [5.74, 6) is -0.545. The highest BCUT2D eigenvalue weighted by Crippen LogP contribution is 2.20. The van der Waals surface area contributed by atoms with Crippen molar-refractivity contribution in [3.8, 4) is 0 Å². The van der Waals surface area contributed by atoms with E-state index in [2.05, 4.69) is 6.72 Å². The van der Waals surface area contributed by atoms with Gasteiger partial charge in [0.05, 0.1) is 0 Å². The van der Waals surface area contributed by atoms with Crippen LogP contribution in [0.4, 0.5) is 0 Å². The summed E-state index contributed by atoms with van der Waals surface area (Å²) in [6.45, 7) is 4.24. The molecule has 0 aliphatic carbocycles. The maximum absolute atomic E-state index is 10.9. The van der Waals surface area contributed by atoms with E-state index in [4.69, 9.17) is 10.9 Å². The first-order chi connectivity index (χ1) is 5.99. The third kappa shape index (κ3) is 2.43. The lowest BCUT2D eigenvalue weighted by Gasteiger charge is -2.18. The Balaban J connectivity index is 0.000000424. The Morgan fingerprint density at radius 3 is 2.46 bits per heavy atom. The third-order valence-corrected chi connectivity index (χ3v) is 1.94. The van der Waals surface area contributed by atoms with Crippen LogP contribution in [0.5, 0.6) is 0 Å². The highest BCUT2D eigenvalue weighted by Gasteiger charge is 2.42. The second kappa shape index (κ2) is 4.44. The van der Waals surface area contributed by atoms with Crippen LogP contribution in [0, 0.1) is 10.4 Å². The van der Waals surface area contributed by atoms with E-state index >= 15 is 0 Å². The highest BCUT2D eigenvalue weighted by molar-refractivity contribution is 5.84. The Hall–Kier alpha value is -1.59. The summed E-state index contributed by atoms with van der Waals surface area (Å²) >= 11 is 0. The number of rotatable bonds is 1. The van der Waals surface area contributed by atoms with Gasteiger partial charge in [-0.3, -0.25) is 4.79 Å². The fraction of sp³-hybridized carbons (Fsp3) is 0.571. The van der Waals surface area contributed by atoms with Gasteiger partial charge < -0.3 is 16.1 Å². The van der Waals surface area contributed by atoms with Gasteiger partial charge in [-0.05, 0) is 0 Å². The molecule has 0 saturated carbocycles. The van der Waals surface area contributed by atoms with Gasteiger partial charge in [-0.25, -0.2) is 9.89 Å². The van der Waals surface area contributed by atoms with Crippen molar-refractivity contribution in [1.29, 1.82) is 0 Å². The number of nitrogens with two attached hydrogens (primary N) is 1. The molecule has 0 aromatic carbocycles. The number of primary amides is 1. The van der Waals surface area contributed by atoms with Gasteiger partial charge in [0.1, 0.15) is 6.72 Å². The number of amides is 1. The van der Waals surface area contributed by atoms with Gasteiger partial charge in [-0.1, -0.05) is 0 Å². The molecule has 0 bridgehead atoms. The average molecular weight is 187 g/mol. The number of nitrogens with one attached hydrogen (secondary N) is 1. The van der Waals surface area contributed by atoms with Gasteiger partial charge >= 0.3 is 0 Å². The van der Waals surface area contributed by atoms with Crippen LogP contribution in [0.15, 0.2) is 0 Å². The van der Waals surface area contributed by atoms with Crippen molar-refractivity contribution in [1.82, 2.24) is 0 Å². The highest BCUT2D eigenvalue weighted by atomic mass is 16.5. The molecule has 1 heterocycles. The van der Waals surface area contributed by atoms with Gasteiger partial charge in [0.15, 0.2) is 6.21 Å². The molecule has 0 fully saturated rings. The van der Waals surface area contributed by atoms with E-state index < -0.39 is 11.4 Å². The number of hydroxylamine groups is 1. The Morgan fingerprint density at radius 1 is 1.85 bits per heavy atom. The standard InChI is InChI=1S/C6H10N2O2.CH3NO/c1-6(5(7)9)3-2-4-8(6)10;1-2-3/h4H,2-3H2,1H3,(H2,7,9);2H,1H2. The van der Waals surface area contributed by atoms with E-state index in [9.17, 15) is 10.0 Å². The molecule has 1 amide bonds. The smallest absolute Gasteiger partial charge is 0.290 e. The predicted octanol–water partition coefficient (Wildman–Crippen LogP) is -2.13. The first-order valence-electron chi connectivity index (χ1n) is 3.73. The summed E-state index contributed by atoms with van der Waals surface area (Å²) in [6.07, 6.45) is 2.62. The molecule has 1 aliphatic heterocycles. The second-order valence-corrected chi connectivity index (χ2v) is 2.83. The van der Waals surface area contributed by atoms with Crippen LogP contribution in [-0.4, -0.2) is 29.1 Å². The maximum atomic E-state index is 10.9. The zero-order valence-electron chi connectivity index (χ0n) is 7.45. The minimum atomic E-state index is -0.986. The first kappa shape index (κ1) is 11.4. The molecule has 1 atom stereocenters. The van der Waals surface area contributed by atoms with E-state index in [1.165, 1.54) is 11.4 Å². The topological polar surface area (TPSA) is 106 Å². The first-order valence-corrected chi connectivity index (χ1v) is 3.73. The Morgan fingerprint density at radius 2 is 2.31 bits per heavy atom. The van der Waals surface area contributed by atoms with Gasteiger partial charge in [-0.2, -0.15) is 0 Å². The lowest BCUT2D eigenvalue weighted by molar-refractivity contribution is -0.514. The van der Waals surface area contributed by atoms with Crippen LogP contribution in [0.1, 0.15) is 19.8 Å². The van der Waals surface area contributed by atoms with Crippen LogP contribution in [0.25, 0.3) is 0 Å². The van der Waals surface area contributed by atoms with Gasteiger partial charge in [0.2, 0.25) is 5.54 Å². The van der Waals surface area contributed by atoms with E-state index in [0.717, 1.165) is 0 Å². The van der Waals surface area contributed by atoms with Crippen LogP contribution < -0.4 is 10.9 Å². The molecule has 0 saturated heterocycles. The fourth-order valence-corrected chi connectivity index (χ4v) is 1.01. The predicted molar refractivity (Wildman–Crippen MR) is 48.0 cm³/mol. The van der Waals surface area contributed by atoms with E-state index in [0.29, 0.717) is 17.6 Å². The molecule has 1 aliphatic rings. The molecular formula is C7H13N3O3. The molecule has 6 heteroatoms. The van der Waals surface area contributed by atoms with Crippen molar-refractivity contribution in [2.75, 3.05) is 0 Å². The summed E-state index contributed by atoms with van der Waals surface area (Å²) in [4.78, 5) is 10.7. The Labute approximate surface area is 75.9 Å². The van der Waals surface area contributed by atoms with Crippen LogP contribution in [-0.2, 0) is 4.79 Å². The summed E-state index contributed by atoms with van der Waals surface area (Å²) in [7, 11) is 0. The fourth-order valence-electron chi connectivity index (χ4n) is 1.01. The summed E-state index contributed by atoms with van der Waals surface area (Å²) < 4.78 is 0.648. The summed E-state index contributed by atoms with van der Waals surface area (Å²) in [5.41, 5.74) is 4.04. The minimum Gasteiger partial charge on any atom is -0.626 e. The molecule has 1 unspecified atom stereocenters. The minimum absolute atomic E-state index is 0.534. The molecule has 13 heavy (non-hydrogen) atoms. The lowest BCUT2D eigenvalue weighted by atomic mass is 9.99. The maximum Gasteiger partial charge on any atom is 0.290 e. The molecule has 0 aromatic rings. The van der Waals surface area contributed by atoms with Crippen molar-refractivity contribution < 1.29 is 14.7 Å². The van der Waals surface area contributed by atoms with Gasteiger partial charge in [0, 0.05) is 19.8 Å². The number of nitrogens with zero attached hydrogens (tertiary/aromatic N) is 1. The zero-order valence-corrected chi connectivity index (χ0v) is 7.45. The number of carbonyl (C=O) groups is 1. The van der Waals surface area contributed by atoms with E-state index in [1.807, 2.05) is 0 Å². The van der Waals surface area contributed by atoms with Crippen molar-refractivity contribution in [3.63, 3.8) is 0 Å². The van der Waals surface area contributed by atoms with Crippen LogP contribution in [0.2, 0.25) is 0 Å². The molecule has 6 nitrogen and oxygen atoms in total. The molecule has 0 aromatic heterocycles. The van der Waals surface area contributed by atoms with Crippen molar-refractivity contribution in [2.45, 2.75) is 25.3 Å².